The molecule has 1 atom stereocenters. The molecule has 0 aliphatic carbocycles. The number of benzene rings is 2. The van der Waals surface area contributed by atoms with Crippen molar-refractivity contribution in [1.82, 2.24) is 5.43 Å². The molecule has 0 spiro atoms. The number of hydrazine groups is 1. The van der Waals surface area contributed by atoms with Gasteiger partial charge in [-0.3, -0.25) is 5.84 Å². The Morgan fingerprint density at radius 1 is 1.20 bits per heavy atom. The average Bonchev–Trinajstić information content (AvgIpc) is 2.42. The van der Waals surface area contributed by atoms with Crippen LogP contribution in [0.3, 0.4) is 0 Å². The van der Waals surface area contributed by atoms with E-state index in [1.807, 2.05) is 0 Å². The first-order valence-electron chi connectivity index (χ1n) is 5.81. The van der Waals surface area contributed by atoms with E-state index in [9.17, 15) is 8.78 Å². The molecule has 106 valence electrons. The number of hydrogen-bond donors (Lipinski definition) is 2. The van der Waals surface area contributed by atoms with Crippen molar-refractivity contribution in [3.8, 4) is 5.75 Å². The number of halogens is 3. The van der Waals surface area contributed by atoms with Gasteiger partial charge in [0.1, 0.15) is 17.4 Å². The van der Waals surface area contributed by atoms with Gasteiger partial charge in [0.25, 0.3) is 0 Å². The highest BCUT2D eigenvalue weighted by atomic mass is 79.9. The summed E-state index contributed by atoms with van der Waals surface area (Å²) in [6.07, 6.45) is 0. The van der Waals surface area contributed by atoms with E-state index in [0.29, 0.717) is 15.8 Å². The van der Waals surface area contributed by atoms with E-state index < -0.39 is 17.7 Å². The fourth-order valence-corrected chi connectivity index (χ4v) is 2.40. The van der Waals surface area contributed by atoms with E-state index in [4.69, 9.17) is 10.6 Å². The van der Waals surface area contributed by atoms with Crippen LogP contribution in [-0.2, 0) is 0 Å². The van der Waals surface area contributed by atoms with Crippen molar-refractivity contribution in [1.29, 1.82) is 0 Å². The summed E-state index contributed by atoms with van der Waals surface area (Å²) in [5.41, 5.74) is 2.90. The molecular formula is C14H13BrF2N2O. The van der Waals surface area contributed by atoms with Crippen LogP contribution >= 0.6 is 15.9 Å². The van der Waals surface area contributed by atoms with Crippen LogP contribution in [0.25, 0.3) is 0 Å². The largest absolute Gasteiger partial charge is 0.497 e. The van der Waals surface area contributed by atoms with Crippen molar-refractivity contribution in [3.63, 3.8) is 0 Å². The Labute approximate surface area is 123 Å². The molecule has 0 aliphatic rings. The number of hydrogen-bond acceptors (Lipinski definition) is 3. The highest BCUT2D eigenvalue weighted by Gasteiger charge is 2.22. The maximum atomic E-state index is 14.0. The Kier molecular flexibility index (Phi) is 4.69. The van der Waals surface area contributed by atoms with Gasteiger partial charge >= 0.3 is 0 Å². The smallest absolute Gasteiger partial charge is 0.132 e. The van der Waals surface area contributed by atoms with Crippen molar-refractivity contribution in [2.45, 2.75) is 6.04 Å². The quantitative estimate of drug-likeness (QED) is 0.662. The Morgan fingerprint density at radius 2 is 1.85 bits per heavy atom. The van der Waals surface area contributed by atoms with Crippen molar-refractivity contribution >= 4 is 15.9 Å². The molecule has 2 aromatic rings. The summed E-state index contributed by atoms with van der Waals surface area (Å²) in [5.74, 6) is 4.70. The fraction of sp³-hybridized carbons (Fsp3) is 0.143. The van der Waals surface area contributed by atoms with Crippen LogP contribution in [0.2, 0.25) is 0 Å². The van der Waals surface area contributed by atoms with Crippen molar-refractivity contribution < 1.29 is 13.5 Å². The highest BCUT2D eigenvalue weighted by molar-refractivity contribution is 9.10. The van der Waals surface area contributed by atoms with Crippen LogP contribution in [0.4, 0.5) is 8.78 Å². The van der Waals surface area contributed by atoms with Crippen LogP contribution in [0, 0.1) is 11.6 Å². The lowest BCUT2D eigenvalue weighted by Gasteiger charge is -2.19. The molecule has 0 aromatic heterocycles. The van der Waals surface area contributed by atoms with Gasteiger partial charge in [0, 0.05) is 10.0 Å². The summed E-state index contributed by atoms with van der Waals surface area (Å²) in [6.45, 7) is 0. The molecule has 20 heavy (non-hydrogen) atoms. The molecule has 0 aliphatic heterocycles. The summed E-state index contributed by atoms with van der Waals surface area (Å²) >= 11 is 3.05. The molecular weight excluding hydrogens is 330 g/mol. The normalized spacial score (nSPS) is 12.2. The van der Waals surface area contributed by atoms with Gasteiger partial charge in [-0.15, -0.1) is 0 Å². The molecule has 3 nitrogen and oxygen atoms in total. The Bertz CT molecular complexity index is 599. The Morgan fingerprint density at radius 3 is 2.40 bits per heavy atom. The zero-order chi connectivity index (χ0) is 14.7. The van der Waals surface area contributed by atoms with Gasteiger partial charge in [-0.05, 0) is 29.8 Å². The zero-order valence-electron chi connectivity index (χ0n) is 10.7. The van der Waals surface area contributed by atoms with Crippen LogP contribution in [0.1, 0.15) is 17.2 Å². The van der Waals surface area contributed by atoms with Crippen LogP contribution in [0.15, 0.2) is 40.9 Å². The molecule has 0 saturated carbocycles. The predicted octanol–water partition coefficient (Wildman–Crippen LogP) is 3.29. The molecule has 0 saturated heterocycles. The van der Waals surface area contributed by atoms with E-state index in [-0.39, 0.29) is 5.56 Å². The molecule has 0 radical (unpaired) electrons. The molecule has 1 unspecified atom stereocenters. The van der Waals surface area contributed by atoms with E-state index in [1.54, 1.807) is 24.3 Å². The first-order chi connectivity index (χ1) is 9.56. The number of ether oxygens (including phenoxy) is 1. The molecule has 2 aromatic carbocycles. The standard InChI is InChI=1S/C14H13BrF2N2O/c1-20-10-4-2-3-8(5-10)14(19-18)13-11(16)6-9(15)7-12(13)17/h2-7,14,19H,18H2,1H3. The number of rotatable bonds is 4. The van der Waals surface area contributed by atoms with E-state index >= 15 is 0 Å². The second kappa shape index (κ2) is 6.30. The van der Waals surface area contributed by atoms with Crippen molar-refractivity contribution in [2.24, 2.45) is 5.84 Å². The first kappa shape index (κ1) is 14.9. The average molecular weight is 343 g/mol. The summed E-state index contributed by atoms with van der Waals surface area (Å²) in [7, 11) is 1.52. The third-order valence-corrected chi connectivity index (χ3v) is 3.38. The van der Waals surface area contributed by atoms with Gasteiger partial charge < -0.3 is 4.74 Å². The Hall–Kier alpha value is -1.50. The van der Waals surface area contributed by atoms with Crippen LogP contribution < -0.4 is 16.0 Å². The summed E-state index contributed by atoms with van der Waals surface area (Å²) in [4.78, 5) is 0. The lowest BCUT2D eigenvalue weighted by Crippen LogP contribution is -2.30. The first-order valence-corrected chi connectivity index (χ1v) is 6.60. The molecule has 6 heteroatoms. The summed E-state index contributed by atoms with van der Waals surface area (Å²) < 4.78 is 33.5. The maximum Gasteiger partial charge on any atom is 0.132 e. The third-order valence-electron chi connectivity index (χ3n) is 2.93. The Balaban J connectivity index is 2.52. The highest BCUT2D eigenvalue weighted by Crippen LogP contribution is 2.30. The van der Waals surface area contributed by atoms with Crippen molar-refractivity contribution in [3.05, 3.63) is 63.6 Å². The van der Waals surface area contributed by atoms with Crippen molar-refractivity contribution in [2.75, 3.05) is 7.11 Å². The molecule has 3 N–H and O–H groups in total. The lowest BCUT2D eigenvalue weighted by molar-refractivity contribution is 0.413. The van der Waals surface area contributed by atoms with E-state index in [2.05, 4.69) is 21.4 Å². The van der Waals surface area contributed by atoms with Gasteiger partial charge in [-0.25, -0.2) is 14.2 Å². The van der Waals surface area contributed by atoms with E-state index in [1.165, 1.54) is 19.2 Å². The van der Waals surface area contributed by atoms with Crippen LogP contribution in [-0.4, -0.2) is 7.11 Å². The fourth-order valence-electron chi connectivity index (χ4n) is 2.00. The number of nitrogens with one attached hydrogen (secondary N) is 1. The predicted molar refractivity (Wildman–Crippen MR) is 76.2 cm³/mol. The zero-order valence-corrected chi connectivity index (χ0v) is 12.2. The lowest BCUT2D eigenvalue weighted by atomic mass is 9.98. The molecule has 2 rings (SSSR count). The monoisotopic (exact) mass is 342 g/mol. The number of methoxy groups -OCH3 is 1. The van der Waals surface area contributed by atoms with Gasteiger partial charge in [0.05, 0.1) is 13.2 Å². The minimum atomic E-state index is -0.807. The topological polar surface area (TPSA) is 47.3 Å². The minimum Gasteiger partial charge on any atom is -0.497 e. The van der Waals surface area contributed by atoms with Gasteiger partial charge in [0.15, 0.2) is 0 Å². The molecule has 0 fully saturated rings. The van der Waals surface area contributed by atoms with Gasteiger partial charge in [-0.2, -0.15) is 0 Å². The second-order valence-corrected chi connectivity index (χ2v) is 5.08. The SMILES string of the molecule is COc1cccc(C(NN)c2c(F)cc(Br)cc2F)c1. The second-order valence-electron chi connectivity index (χ2n) is 4.16. The number of nitrogens with two attached hydrogens (primary N) is 1. The third kappa shape index (κ3) is 2.98. The van der Waals surface area contributed by atoms with Gasteiger partial charge in [0.2, 0.25) is 0 Å². The van der Waals surface area contributed by atoms with Crippen LogP contribution in [0.5, 0.6) is 5.75 Å². The molecule has 0 amide bonds. The summed E-state index contributed by atoms with van der Waals surface area (Å²) in [5, 5.41) is 0. The molecule has 0 bridgehead atoms. The van der Waals surface area contributed by atoms with Gasteiger partial charge in [-0.1, -0.05) is 28.1 Å². The molecule has 0 heterocycles. The van der Waals surface area contributed by atoms with E-state index in [0.717, 1.165) is 0 Å². The minimum absolute atomic E-state index is 0.135. The summed E-state index contributed by atoms with van der Waals surface area (Å²) in [6, 6.07) is 8.45. The maximum absolute atomic E-state index is 14.0.